The van der Waals surface area contributed by atoms with E-state index in [1.807, 2.05) is 18.2 Å². The molecule has 1 aliphatic rings. The summed E-state index contributed by atoms with van der Waals surface area (Å²) in [5.41, 5.74) is 0. The van der Waals surface area contributed by atoms with Crippen molar-refractivity contribution in [2.24, 2.45) is 0 Å². The molecule has 1 atom stereocenters. The summed E-state index contributed by atoms with van der Waals surface area (Å²) in [5, 5.41) is 8.56. The Kier molecular flexibility index (Phi) is 5.97. The molecular formula is C14H22N4O3S. The van der Waals surface area contributed by atoms with Crippen LogP contribution in [-0.4, -0.2) is 50.8 Å². The van der Waals surface area contributed by atoms with Gasteiger partial charge in [0, 0.05) is 26.6 Å². The topological polar surface area (TPSA) is 89.6 Å². The monoisotopic (exact) mass is 326 g/mol. The minimum atomic E-state index is -3.58. The van der Waals surface area contributed by atoms with Crippen LogP contribution in [0.25, 0.3) is 0 Å². The van der Waals surface area contributed by atoms with Gasteiger partial charge in [0.15, 0.2) is 0 Å². The van der Waals surface area contributed by atoms with Gasteiger partial charge in [-0.25, -0.2) is 4.72 Å². The SMILES string of the molecule is CN(CCC#N)S(=O)(=O)NCC(c1ccco1)N1CCCC1. The molecule has 1 unspecified atom stereocenters. The Morgan fingerprint density at radius 1 is 1.50 bits per heavy atom. The molecule has 1 N–H and O–H groups in total. The van der Waals surface area contributed by atoms with Gasteiger partial charge in [-0.05, 0) is 38.1 Å². The standard InChI is InChI=1S/C14H22N4O3S/c1-17(8-5-7-15)22(19,20)16-12-13(14-6-4-11-21-14)18-9-2-3-10-18/h4,6,11,13,16H,2-3,5,8-10,12H2,1H3. The molecule has 2 heterocycles. The van der Waals surface area contributed by atoms with Gasteiger partial charge < -0.3 is 4.42 Å². The first-order chi connectivity index (χ1) is 10.5. The predicted octanol–water partition coefficient (Wildman–Crippen LogP) is 1.10. The molecule has 0 aromatic carbocycles. The molecule has 1 fully saturated rings. The van der Waals surface area contributed by atoms with Gasteiger partial charge in [0.2, 0.25) is 0 Å². The second-order valence-electron chi connectivity index (χ2n) is 5.36. The van der Waals surface area contributed by atoms with Crippen LogP contribution in [0.2, 0.25) is 0 Å². The lowest BCUT2D eigenvalue weighted by Gasteiger charge is -2.27. The number of nitriles is 1. The number of nitrogens with one attached hydrogen (secondary N) is 1. The molecule has 1 saturated heterocycles. The average Bonchev–Trinajstić information content (AvgIpc) is 3.18. The molecule has 0 radical (unpaired) electrons. The Labute approximate surface area is 131 Å². The molecule has 0 amide bonds. The van der Waals surface area contributed by atoms with Crippen molar-refractivity contribution in [3.05, 3.63) is 24.2 Å². The van der Waals surface area contributed by atoms with E-state index in [0.717, 1.165) is 31.7 Å². The summed E-state index contributed by atoms with van der Waals surface area (Å²) in [5.74, 6) is 0.768. The fourth-order valence-corrected chi connectivity index (χ4v) is 3.49. The van der Waals surface area contributed by atoms with Gasteiger partial charge in [0.05, 0.1) is 18.4 Å². The number of nitrogens with zero attached hydrogens (tertiary/aromatic N) is 3. The van der Waals surface area contributed by atoms with Crippen molar-refractivity contribution in [2.45, 2.75) is 25.3 Å². The number of hydrogen-bond acceptors (Lipinski definition) is 5. The van der Waals surface area contributed by atoms with E-state index in [-0.39, 0.29) is 25.6 Å². The summed E-state index contributed by atoms with van der Waals surface area (Å²) in [6, 6.07) is 5.53. The van der Waals surface area contributed by atoms with Crippen LogP contribution in [0.4, 0.5) is 0 Å². The van der Waals surface area contributed by atoms with E-state index >= 15 is 0 Å². The van der Waals surface area contributed by atoms with Crippen LogP contribution in [0, 0.1) is 11.3 Å². The van der Waals surface area contributed by atoms with Gasteiger partial charge in [0.25, 0.3) is 10.2 Å². The zero-order chi connectivity index (χ0) is 16.0. The fourth-order valence-electron chi connectivity index (χ4n) is 2.57. The Bertz CT molecular complexity index is 588. The first kappa shape index (κ1) is 17.0. The van der Waals surface area contributed by atoms with Crippen molar-refractivity contribution in [3.8, 4) is 6.07 Å². The summed E-state index contributed by atoms with van der Waals surface area (Å²) in [4.78, 5) is 2.23. The maximum absolute atomic E-state index is 12.2. The maximum atomic E-state index is 12.2. The van der Waals surface area contributed by atoms with Gasteiger partial charge in [-0.2, -0.15) is 18.0 Å². The molecule has 0 bridgehead atoms. The minimum absolute atomic E-state index is 0.100. The van der Waals surface area contributed by atoms with Gasteiger partial charge in [0.1, 0.15) is 5.76 Å². The van der Waals surface area contributed by atoms with Crippen LogP contribution in [0.3, 0.4) is 0 Å². The maximum Gasteiger partial charge on any atom is 0.279 e. The Balaban J connectivity index is 2.00. The van der Waals surface area contributed by atoms with E-state index in [4.69, 9.17) is 9.68 Å². The van der Waals surface area contributed by atoms with Crippen LogP contribution >= 0.6 is 0 Å². The summed E-state index contributed by atoms with van der Waals surface area (Å²) in [6.45, 7) is 2.32. The number of likely N-dealkylation sites (tertiary alicyclic amines) is 1. The molecule has 1 aromatic rings. The average molecular weight is 326 g/mol. The third kappa shape index (κ3) is 4.30. The van der Waals surface area contributed by atoms with E-state index in [1.54, 1.807) is 6.26 Å². The normalized spacial score (nSPS) is 17.7. The van der Waals surface area contributed by atoms with E-state index < -0.39 is 10.2 Å². The van der Waals surface area contributed by atoms with Gasteiger partial charge in [-0.1, -0.05) is 0 Å². The molecule has 7 nitrogen and oxygen atoms in total. The van der Waals surface area contributed by atoms with Crippen LogP contribution in [0.1, 0.15) is 31.1 Å². The Hall–Kier alpha value is -1.40. The van der Waals surface area contributed by atoms with Crippen molar-refractivity contribution in [3.63, 3.8) is 0 Å². The smallest absolute Gasteiger partial charge is 0.279 e. The lowest BCUT2D eigenvalue weighted by atomic mass is 10.2. The van der Waals surface area contributed by atoms with Crippen LogP contribution in [0.5, 0.6) is 0 Å². The number of rotatable bonds is 8. The third-order valence-corrected chi connectivity index (χ3v) is 5.40. The van der Waals surface area contributed by atoms with Crippen molar-refractivity contribution >= 4 is 10.2 Å². The predicted molar refractivity (Wildman–Crippen MR) is 82.0 cm³/mol. The zero-order valence-electron chi connectivity index (χ0n) is 12.7. The van der Waals surface area contributed by atoms with Crippen LogP contribution in [-0.2, 0) is 10.2 Å². The summed E-state index contributed by atoms with van der Waals surface area (Å²) in [6.07, 6.45) is 4.01. The van der Waals surface area contributed by atoms with E-state index in [1.165, 1.54) is 11.4 Å². The van der Waals surface area contributed by atoms with Gasteiger partial charge in [-0.3, -0.25) is 4.90 Å². The molecular weight excluding hydrogens is 304 g/mol. The van der Waals surface area contributed by atoms with Crippen molar-refractivity contribution in [2.75, 3.05) is 33.2 Å². The molecule has 1 aromatic heterocycles. The van der Waals surface area contributed by atoms with E-state index in [2.05, 4.69) is 9.62 Å². The molecule has 22 heavy (non-hydrogen) atoms. The van der Waals surface area contributed by atoms with Crippen molar-refractivity contribution in [1.29, 1.82) is 5.26 Å². The van der Waals surface area contributed by atoms with E-state index in [9.17, 15) is 8.42 Å². The van der Waals surface area contributed by atoms with Crippen LogP contribution in [0.15, 0.2) is 22.8 Å². The van der Waals surface area contributed by atoms with Crippen LogP contribution < -0.4 is 4.72 Å². The largest absolute Gasteiger partial charge is 0.468 e. The second-order valence-corrected chi connectivity index (χ2v) is 7.22. The zero-order valence-corrected chi connectivity index (χ0v) is 13.6. The number of furan rings is 1. The molecule has 122 valence electrons. The Morgan fingerprint density at radius 3 is 2.82 bits per heavy atom. The first-order valence-corrected chi connectivity index (χ1v) is 8.84. The van der Waals surface area contributed by atoms with Crippen molar-refractivity contribution < 1.29 is 12.8 Å². The first-order valence-electron chi connectivity index (χ1n) is 7.40. The molecule has 0 spiro atoms. The van der Waals surface area contributed by atoms with Gasteiger partial charge >= 0.3 is 0 Å². The molecule has 2 rings (SSSR count). The summed E-state index contributed by atoms with van der Waals surface area (Å²) in [7, 11) is -2.11. The molecule has 8 heteroatoms. The molecule has 0 saturated carbocycles. The summed E-state index contributed by atoms with van der Waals surface area (Å²) < 4.78 is 33.6. The van der Waals surface area contributed by atoms with Crippen molar-refractivity contribution in [1.82, 2.24) is 13.9 Å². The highest BCUT2D eigenvalue weighted by molar-refractivity contribution is 7.87. The quantitative estimate of drug-likeness (QED) is 0.772. The number of hydrogen-bond donors (Lipinski definition) is 1. The Morgan fingerprint density at radius 2 is 2.23 bits per heavy atom. The fraction of sp³-hybridized carbons (Fsp3) is 0.643. The van der Waals surface area contributed by atoms with Gasteiger partial charge in [-0.15, -0.1) is 0 Å². The van der Waals surface area contributed by atoms with E-state index in [0.29, 0.717) is 0 Å². The highest BCUT2D eigenvalue weighted by Gasteiger charge is 2.27. The lowest BCUT2D eigenvalue weighted by Crippen LogP contribution is -2.43. The minimum Gasteiger partial charge on any atom is -0.468 e. The second kappa shape index (κ2) is 7.74. The molecule has 1 aliphatic heterocycles. The highest BCUT2D eigenvalue weighted by Crippen LogP contribution is 2.25. The highest BCUT2D eigenvalue weighted by atomic mass is 32.2. The summed E-state index contributed by atoms with van der Waals surface area (Å²) >= 11 is 0. The third-order valence-electron chi connectivity index (χ3n) is 3.86. The lowest BCUT2D eigenvalue weighted by molar-refractivity contribution is 0.215. The molecule has 0 aliphatic carbocycles.